The van der Waals surface area contributed by atoms with Gasteiger partial charge in [0.1, 0.15) is 24.2 Å². The number of benzene rings is 4. The first-order valence-corrected chi connectivity index (χ1v) is 19.4. The minimum Gasteiger partial charge on any atom is -0.488 e. The summed E-state index contributed by atoms with van der Waals surface area (Å²) in [5, 5.41) is 8.02. The van der Waals surface area contributed by atoms with E-state index in [0.29, 0.717) is 38.2 Å². The van der Waals surface area contributed by atoms with Crippen LogP contribution in [0, 0.1) is 0 Å². The van der Waals surface area contributed by atoms with Crippen molar-refractivity contribution in [3.05, 3.63) is 95.9 Å². The number of aromatic amines is 1. The number of methoxy groups -OCH3 is 1. The number of amides is 3. The first-order valence-electron chi connectivity index (χ1n) is 19.4. The van der Waals surface area contributed by atoms with Crippen molar-refractivity contribution in [1.82, 2.24) is 25.1 Å². The second-order valence-electron chi connectivity index (χ2n) is 13.8. The fraction of sp³-hybridized carbons (Fsp3) is 0.341. The molecule has 0 fully saturated rings. The molecule has 12 heteroatoms. The van der Waals surface area contributed by atoms with Crippen molar-refractivity contribution in [1.29, 1.82) is 0 Å². The average Bonchev–Trinajstić information content (AvgIpc) is 3.70. The molecule has 0 bridgehead atoms. The van der Waals surface area contributed by atoms with Gasteiger partial charge in [0.25, 0.3) is 0 Å². The van der Waals surface area contributed by atoms with Gasteiger partial charge >= 0.3 is 6.09 Å². The molecule has 4 aromatic carbocycles. The Hall–Kier alpha value is -6.17. The van der Waals surface area contributed by atoms with Crippen LogP contribution < -0.4 is 15.4 Å². The van der Waals surface area contributed by atoms with Crippen molar-refractivity contribution in [3.63, 3.8) is 0 Å². The van der Waals surface area contributed by atoms with E-state index in [1.165, 1.54) is 7.11 Å². The molecule has 1 atom stereocenters. The number of nitrogens with one attached hydrogen (secondary N) is 3. The van der Waals surface area contributed by atoms with Gasteiger partial charge in [-0.2, -0.15) is 0 Å². The number of anilines is 1. The van der Waals surface area contributed by atoms with Crippen LogP contribution in [0.25, 0.3) is 33.2 Å². The summed E-state index contributed by atoms with van der Waals surface area (Å²) in [5.41, 5.74) is 7.34. The number of hydrogen-bond acceptors (Lipinski definition) is 8. The maximum Gasteiger partial charge on any atom is 0.407 e. The normalized spacial score (nSPS) is 12.4. The summed E-state index contributed by atoms with van der Waals surface area (Å²) >= 11 is 0. The van der Waals surface area contributed by atoms with Crippen LogP contribution in [0.2, 0.25) is 0 Å². The van der Waals surface area contributed by atoms with E-state index < -0.39 is 12.1 Å². The molecule has 1 aliphatic heterocycles. The molecule has 0 radical (unpaired) electrons. The molecule has 0 aliphatic carbocycles. The van der Waals surface area contributed by atoms with Crippen LogP contribution in [-0.4, -0.2) is 77.7 Å². The van der Waals surface area contributed by atoms with Crippen LogP contribution in [0.15, 0.2) is 84.0 Å². The summed E-state index contributed by atoms with van der Waals surface area (Å²) in [6, 6.07) is 22.8. The Morgan fingerprint density at radius 3 is 2.48 bits per heavy atom. The number of carbonyl (C=O) groups is 3. The molecule has 3 amide bonds. The number of nitrogens with zero attached hydrogens (tertiary/aromatic N) is 4. The average molecular weight is 758 g/mol. The number of imidazole rings is 1. The summed E-state index contributed by atoms with van der Waals surface area (Å²) in [4.78, 5) is 55.0. The van der Waals surface area contributed by atoms with Gasteiger partial charge in [-0.25, -0.2) is 9.78 Å². The molecule has 292 valence electrons. The maximum atomic E-state index is 13.8. The van der Waals surface area contributed by atoms with Gasteiger partial charge in [0.2, 0.25) is 11.8 Å². The molecule has 1 aliphatic rings. The van der Waals surface area contributed by atoms with Gasteiger partial charge in [0.05, 0.1) is 43.5 Å². The third-order valence-corrected chi connectivity index (χ3v) is 9.88. The number of ether oxygens (including phenoxy) is 2. The molecule has 0 spiro atoms. The van der Waals surface area contributed by atoms with E-state index in [1.54, 1.807) is 11.1 Å². The van der Waals surface area contributed by atoms with E-state index in [4.69, 9.17) is 14.5 Å². The second kappa shape index (κ2) is 18.4. The SMILES string of the molecule is CCCC(=O)N(CCC)Cc1ncc(-c2ccc3c(c2)COc2cc4c(NC)c(/N=C/CN(CCC)C(=O)[C@H](NC(=O)OC)c5ccccc5)ccc4cc2-3)[nH]1. The first kappa shape index (κ1) is 39.5. The summed E-state index contributed by atoms with van der Waals surface area (Å²) in [6.07, 6.45) is 5.88. The highest BCUT2D eigenvalue weighted by molar-refractivity contribution is 6.03. The molecule has 0 saturated heterocycles. The lowest BCUT2D eigenvalue weighted by atomic mass is 9.92. The highest BCUT2D eigenvalue weighted by Crippen LogP contribution is 2.44. The maximum absolute atomic E-state index is 13.8. The number of hydrogen-bond donors (Lipinski definition) is 3. The van der Waals surface area contributed by atoms with E-state index in [-0.39, 0.29) is 18.4 Å². The number of fused-ring (bicyclic) bond motifs is 4. The van der Waals surface area contributed by atoms with Gasteiger partial charge in [-0.05, 0) is 71.2 Å². The molecule has 12 nitrogen and oxygen atoms in total. The zero-order valence-corrected chi connectivity index (χ0v) is 32.9. The molecular weight excluding hydrogens is 707 g/mol. The molecule has 2 heterocycles. The Morgan fingerprint density at radius 2 is 1.75 bits per heavy atom. The van der Waals surface area contributed by atoms with E-state index in [9.17, 15) is 14.4 Å². The van der Waals surface area contributed by atoms with Crippen molar-refractivity contribution < 1.29 is 23.9 Å². The van der Waals surface area contributed by atoms with Crippen molar-refractivity contribution in [2.24, 2.45) is 4.99 Å². The summed E-state index contributed by atoms with van der Waals surface area (Å²) < 4.78 is 11.2. The van der Waals surface area contributed by atoms with Gasteiger partial charge in [-0.1, -0.05) is 69.3 Å². The predicted octanol–water partition coefficient (Wildman–Crippen LogP) is 8.41. The summed E-state index contributed by atoms with van der Waals surface area (Å²) in [7, 11) is 3.14. The third-order valence-electron chi connectivity index (χ3n) is 9.88. The van der Waals surface area contributed by atoms with Gasteiger partial charge in [-0.15, -0.1) is 0 Å². The van der Waals surface area contributed by atoms with Crippen LogP contribution in [0.3, 0.4) is 0 Å². The van der Waals surface area contributed by atoms with Crippen molar-refractivity contribution in [2.45, 2.75) is 65.6 Å². The summed E-state index contributed by atoms with van der Waals surface area (Å²) in [6.45, 7) is 8.43. The minimum atomic E-state index is -0.895. The topological polar surface area (TPSA) is 141 Å². The molecule has 0 unspecified atom stereocenters. The van der Waals surface area contributed by atoms with Crippen LogP contribution in [-0.2, 0) is 27.5 Å². The Labute approximate surface area is 328 Å². The minimum absolute atomic E-state index is 0.155. The third kappa shape index (κ3) is 8.86. The number of alkyl carbamates (subject to hydrolysis) is 1. The summed E-state index contributed by atoms with van der Waals surface area (Å²) in [5.74, 6) is 1.46. The van der Waals surface area contributed by atoms with Crippen molar-refractivity contribution >= 4 is 46.3 Å². The van der Waals surface area contributed by atoms with E-state index in [0.717, 1.165) is 80.9 Å². The highest BCUT2D eigenvalue weighted by Gasteiger charge is 2.27. The Kier molecular flexibility index (Phi) is 13.0. The van der Waals surface area contributed by atoms with Gasteiger partial charge in [0.15, 0.2) is 0 Å². The van der Waals surface area contributed by atoms with Gasteiger partial charge < -0.3 is 34.9 Å². The Morgan fingerprint density at radius 1 is 0.964 bits per heavy atom. The molecule has 6 rings (SSSR count). The van der Waals surface area contributed by atoms with Crippen molar-refractivity contribution in [2.75, 3.05) is 39.1 Å². The largest absolute Gasteiger partial charge is 0.488 e. The monoisotopic (exact) mass is 757 g/mol. The van der Waals surface area contributed by atoms with E-state index in [2.05, 4.69) is 57.9 Å². The lowest BCUT2D eigenvalue weighted by molar-refractivity contribution is -0.133. The van der Waals surface area contributed by atoms with Crippen LogP contribution in [0.4, 0.5) is 16.2 Å². The smallest absolute Gasteiger partial charge is 0.407 e. The Bertz CT molecular complexity index is 2200. The molecule has 0 saturated carbocycles. The molecule has 3 N–H and O–H groups in total. The molecule has 1 aromatic heterocycles. The molecule has 5 aromatic rings. The number of rotatable bonds is 16. The van der Waals surface area contributed by atoms with Crippen molar-refractivity contribution in [3.8, 4) is 28.1 Å². The highest BCUT2D eigenvalue weighted by atomic mass is 16.5. The predicted molar refractivity (Wildman–Crippen MR) is 221 cm³/mol. The molecular formula is C44H51N7O5. The van der Waals surface area contributed by atoms with E-state index >= 15 is 0 Å². The quantitative estimate of drug-likeness (QED) is 0.0859. The lowest BCUT2D eigenvalue weighted by Crippen LogP contribution is -2.44. The van der Waals surface area contributed by atoms with Crippen LogP contribution in [0.1, 0.15) is 69.4 Å². The van der Waals surface area contributed by atoms with Crippen LogP contribution >= 0.6 is 0 Å². The first-order chi connectivity index (χ1) is 27.3. The zero-order chi connectivity index (χ0) is 39.6. The Balaban J connectivity index is 1.21. The standard InChI is InChI=1S/C44H51N7O5/c1-6-12-40(52)51(21-8-3)27-39-47-26-37(48-39)31-15-17-33-32(23-31)28-56-38-25-34-30(24-35(33)38)16-18-36(42(34)45-4)46-19-22-50(20-7-2)43(53)41(49-44(54)55-5)29-13-10-9-11-14-29/h9-11,13-19,23-26,41,45H,6-8,12,20-22,27-28H2,1-5H3,(H,47,48)(H,49,54)/b46-19+/t41-/m1/s1. The second-order valence-corrected chi connectivity index (χ2v) is 13.8. The number of H-pyrrole nitrogens is 1. The van der Waals surface area contributed by atoms with Gasteiger partial charge in [0, 0.05) is 43.7 Å². The fourth-order valence-corrected chi connectivity index (χ4v) is 7.14. The number of carbonyl (C=O) groups excluding carboxylic acids is 3. The number of aromatic nitrogens is 2. The van der Waals surface area contributed by atoms with Gasteiger partial charge in [-0.3, -0.25) is 14.6 Å². The number of aliphatic imine (C=N–C) groups is 1. The zero-order valence-electron chi connectivity index (χ0n) is 32.9. The lowest BCUT2D eigenvalue weighted by Gasteiger charge is -2.26. The van der Waals surface area contributed by atoms with E-state index in [1.807, 2.05) is 74.5 Å². The van der Waals surface area contributed by atoms with Crippen LogP contribution in [0.5, 0.6) is 5.75 Å². The fourth-order valence-electron chi connectivity index (χ4n) is 7.14. The molecule has 56 heavy (non-hydrogen) atoms.